The van der Waals surface area contributed by atoms with Crippen molar-refractivity contribution in [2.24, 2.45) is 0 Å². The van der Waals surface area contributed by atoms with Gasteiger partial charge in [0.25, 0.3) is 0 Å². The van der Waals surface area contributed by atoms with E-state index in [1.165, 1.54) is 0 Å². The summed E-state index contributed by atoms with van der Waals surface area (Å²) in [7, 11) is -2.10. The molecule has 0 aliphatic rings. The molecule has 0 aliphatic carbocycles. The molecular weight excluding hydrogens is 559 g/mol. The van der Waals surface area contributed by atoms with Gasteiger partial charge in [-0.05, 0) is 52.5 Å². The zero-order valence-corrected chi connectivity index (χ0v) is 27.3. The molecule has 0 radical (unpaired) electrons. The Bertz CT molecular complexity index is 1570. The number of aromatic nitrogens is 2. The van der Waals surface area contributed by atoms with Gasteiger partial charge in [0.1, 0.15) is 5.54 Å². The minimum atomic E-state index is -2.10. The lowest BCUT2D eigenvalue weighted by molar-refractivity contribution is 0.0325. The molecule has 4 aromatic carbocycles. The number of rotatable bonds is 11. The average Bonchev–Trinajstić information content (AvgIpc) is 3.51. The number of benzene rings is 4. The Balaban J connectivity index is 1.46. The summed E-state index contributed by atoms with van der Waals surface area (Å²) in [5, 5.41) is 9.34. The Hall–Kier alpha value is -4.28. The SMILES string of the molecule is CC(C)(C)[Si](C)(C)OC(COCc1cn(C(c2ccccc2)(c2ccccc2)c2ccccc2)cn1)c1ccc(C#N)cc1. The van der Waals surface area contributed by atoms with E-state index in [2.05, 4.69) is 123 Å². The number of hydrogen-bond acceptors (Lipinski definition) is 4. The molecule has 5 aromatic rings. The van der Waals surface area contributed by atoms with Crippen LogP contribution in [0.15, 0.2) is 128 Å². The molecule has 0 saturated heterocycles. The summed E-state index contributed by atoms with van der Waals surface area (Å²) in [5.41, 5.74) is 5.29. The normalized spacial score (nSPS) is 12.9. The van der Waals surface area contributed by atoms with Gasteiger partial charge >= 0.3 is 0 Å². The van der Waals surface area contributed by atoms with Crippen LogP contribution in [-0.2, 0) is 21.3 Å². The minimum absolute atomic E-state index is 0.0479. The molecule has 0 amide bonds. The van der Waals surface area contributed by atoms with Crippen molar-refractivity contribution in [3.05, 3.63) is 161 Å². The summed E-state index contributed by atoms with van der Waals surface area (Å²) >= 11 is 0. The molecule has 5 nitrogen and oxygen atoms in total. The summed E-state index contributed by atoms with van der Waals surface area (Å²) < 4.78 is 15.4. The van der Waals surface area contributed by atoms with E-state index in [9.17, 15) is 5.26 Å². The molecule has 224 valence electrons. The van der Waals surface area contributed by atoms with Crippen LogP contribution in [0.4, 0.5) is 0 Å². The summed E-state index contributed by atoms with van der Waals surface area (Å²) in [4.78, 5) is 4.83. The first-order valence-corrected chi connectivity index (χ1v) is 18.0. The largest absolute Gasteiger partial charge is 0.408 e. The third kappa shape index (κ3) is 6.46. The van der Waals surface area contributed by atoms with Crippen LogP contribution in [-0.4, -0.2) is 24.5 Å². The smallest absolute Gasteiger partial charge is 0.193 e. The molecule has 44 heavy (non-hydrogen) atoms. The van der Waals surface area contributed by atoms with Gasteiger partial charge in [0.2, 0.25) is 0 Å². The van der Waals surface area contributed by atoms with Crippen LogP contribution < -0.4 is 0 Å². The number of imidazole rings is 1. The van der Waals surface area contributed by atoms with Crippen molar-refractivity contribution in [2.45, 2.75) is 57.2 Å². The lowest BCUT2D eigenvalue weighted by Crippen LogP contribution is -2.42. The van der Waals surface area contributed by atoms with Gasteiger partial charge in [0.05, 0.1) is 43.0 Å². The summed E-state index contributed by atoms with van der Waals surface area (Å²) in [5.74, 6) is 0. The van der Waals surface area contributed by atoms with E-state index in [-0.39, 0.29) is 11.1 Å². The molecule has 0 saturated carbocycles. The molecule has 0 N–H and O–H groups in total. The van der Waals surface area contributed by atoms with Crippen LogP contribution in [0.2, 0.25) is 18.1 Å². The van der Waals surface area contributed by atoms with Gasteiger partial charge in [-0.25, -0.2) is 4.98 Å². The van der Waals surface area contributed by atoms with Gasteiger partial charge in [-0.15, -0.1) is 0 Å². The molecule has 0 bridgehead atoms. The van der Waals surface area contributed by atoms with Crippen LogP contribution >= 0.6 is 0 Å². The zero-order chi connectivity index (χ0) is 31.2. The van der Waals surface area contributed by atoms with Gasteiger partial charge in [0.15, 0.2) is 8.32 Å². The monoisotopic (exact) mass is 599 g/mol. The van der Waals surface area contributed by atoms with Crippen molar-refractivity contribution in [3.8, 4) is 6.07 Å². The lowest BCUT2D eigenvalue weighted by Gasteiger charge is -2.39. The van der Waals surface area contributed by atoms with Crippen LogP contribution in [0, 0.1) is 11.3 Å². The number of hydrogen-bond donors (Lipinski definition) is 0. The van der Waals surface area contributed by atoms with E-state index in [1.54, 1.807) is 0 Å². The quantitative estimate of drug-likeness (QED) is 0.112. The second-order valence-electron chi connectivity index (χ2n) is 12.7. The molecule has 1 heterocycles. The minimum Gasteiger partial charge on any atom is -0.408 e. The van der Waals surface area contributed by atoms with E-state index in [1.807, 2.05) is 48.8 Å². The standard InChI is InChI=1S/C38H41N3O2Si/c1-37(2,3)44(4,5)43-36(31-23-21-30(25-39)22-24-31)28-42-27-35-26-41(29-40-35)38(32-15-9-6-10-16-32,33-17-11-7-12-18-33)34-19-13-8-14-20-34/h6-24,26,29,36H,27-28H2,1-5H3. The molecule has 0 fully saturated rings. The Labute approximate surface area is 262 Å². The molecule has 5 rings (SSSR count). The first kappa shape index (κ1) is 31.2. The fourth-order valence-corrected chi connectivity index (χ4v) is 6.65. The third-order valence-corrected chi connectivity index (χ3v) is 13.3. The maximum absolute atomic E-state index is 9.30. The maximum Gasteiger partial charge on any atom is 0.193 e. The highest BCUT2D eigenvalue weighted by Crippen LogP contribution is 2.42. The fraction of sp³-hybridized carbons (Fsp3) is 0.263. The first-order chi connectivity index (χ1) is 21.1. The second kappa shape index (κ2) is 13.2. The topological polar surface area (TPSA) is 60.1 Å². The highest BCUT2D eigenvalue weighted by Gasteiger charge is 2.40. The Kier molecular flexibility index (Phi) is 9.31. The van der Waals surface area contributed by atoms with Crippen molar-refractivity contribution in [1.82, 2.24) is 9.55 Å². The average molecular weight is 600 g/mol. The van der Waals surface area contributed by atoms with Gasteiger partial charge < -0.3 is 13.7 Å². The Morgan fingerprint density at radius 3 is 1.73 bits per heavy atom. The summed E-state index contributed by atoms with van der Waals surface area (Å²) in [6, 6.07) is 41.6. The molecule has 1 aromatic heterocycles. The summed E-state index contributed by atoms with van der Waals surface area (Å²) in [6.07, 6.45) is 3.76. The van der Waals surface area contributed by atoms with E-state index in [0.717, 1.165) is 27.9 Å². The van der Waals surface area contributed by atoms with Crippen LogP contribution in [0.25, 0.3) is 0 Å². The van der Waals surface area contributed by atoms with Crippen molar-refractivity contribution in [1.29, 1.82) is 5.26 Å². The number of ether oxygens (including phenoxy) is 1. The third-order valence-electron chi connectivity index (χ3n) is 8.77. The van der Waals surface area contributed by atoms with Crippen molar-refractivity contribution in [2.75, 3.05) is 6.61 Å². The maximum atomic E-state index is 9.30. The van der Waals surface area contributed by atoms with Crippen LogP contribution in [0.3, 0.4) is 0 Å². The zero-order valence-electron chi connectivity index (χ0n) is 26.3. The molecular formula is C38H41N3O2Si. The van der Waals surface area contributed by atoms with Crippen LogP contribution in [0.5, 0.6) is 0 Å². The van der Waals surface area contributed by atoms with Crippen molar-refractivity contribution >= 4 is 8.32 Å². The van der Waals surface area contributed by atoms with E-state index < -0.39 is 13.9 Å². The highest BCUT2D eigenvalue weighted by atomic mass is 28.4. The molecule has 1 unspecified atom stereocenters. The molecule has 0 aliphatic heterocycles. The van der Waals surface area contributed by atoms with Gasteiger partial charge in [-0.2, -0.15) is 5.26 Å². The molecule has 1 atom stereocenters. The highest BCUT2D eigenvalue weighted by molar-refractivity contribution is 6.74. The molecule has 0 spiro atoms. The number of nitriles is 1. The van der Waals surface area contributed by atoms with Gasteiger partial charge in [-0.3, -0.25) is 0 Å². The number of nitrogens with zero attached hydrogens (tertiary/aromatic N) is 3. The van der Waals surface area contributed by atoms with E-state index in [4.69, 9.17) is 14.1 Å². The first-order valence-electron chi connectivity index (χ1n) is 15.1. The lowest BCUT2D eigenvalue weighted by atomic mass is 9.77. The molecule has 6 heteroatoms. The van der Waals surface area contributed by atoms with Gasteiger partial charge in [0, 0.05) is 6.20 Å². The summed E-state index contributed by atoms with van der Waals surface area (Å²) in [6.45, 7) is 11.9. The van der Waals surface area contributed by atoms with Crippen molar-refractivity contribution in [3.63, 3.8) is 0 Å². The fourth-order valence-electron chi connectivity index (χ4n) is 5.38. The van der Waals surface area contributed by atoms with Gasteiger partial charge in [-0.1, -0.05) is 124 Å². The predicted octanol–water partition coefficient (Wildman–Crippen LogP) is 8.87. The van der Waals surface area contributed by atoms with Crippen molar-refractivity contribution < 1.29 is 9.16 Å². The second-order valence-corrected chi connectivity index (χ2v) is 17.5. The van der Waals surface area contributed by atoms with E-state index in [0.29, 0.717) is 18.8 Å². The Morgan fingerprint density at radius 2 is 1.27 bits per heavy atom. The van der Waals surface area contributed by atoms with E-state index >= 15 is 0 Å². The Morgan fingerprint density at radius 1 is 0.773 bits per heavy atom. The predicted molar refractivity (Wildman–Crippen MR) is 179 cm³/mol. The van der Waals surface area contributed by atoms with Crippen LogP contribution in [0.1, 0.15) is 60.4 Å².